The number of ether oxygens (including phenoxy) is 2. The van der Waals surface area contributed by atoms with Crippen molar-refractivity contribution >= 4 is 0 Å². The Balaban J connectivity index is 2.17. The second-order valence-corrected chi connectivity index (χ2v) is 5.01. The van der Waals surface area contributed by atoms with Crippen molar-refractivity contribution in [2.75, 3.05) is 6.61 Å². The summed E-state index contributed by atoms with van der Waals surface area (Å²) in [6, 6.07) is 5.46. The molecule has 1 aliphatic rings. The van der Waals surface area contributed by atoms with E-state index in [4.69, 9.17) is 14.6 Å². The zero-order valence-electron chi connectivity index (χ0n) is 11.4. The first-order valence-corrected chi connectivity index (χ1v) is 6.49. The van der Waals surface area contributed by atoms with E-state index in [1.165, 1.54) is 0 Å². The number of aryl methyl sites for hydroxylation is 1. The molecule has 1 heterocycles. The Morgan fingerprint density at radius 1 is 1.10 bits per heavy atom. The predicted octanol–water partition coefficient (Wildman–Crippen LogP) is -0.518. The number of hydrogen-bond donors (Lipinski definition) is 4. The third kappa shape index (κ3) is 2.79. The number of rotatable bonds is 3. The van der Waals surface area contributed by atoms with Crippen LogP contribution in [0.15, 0.2) is 18.2 Å². The molecule has 0 saturated carbocycles. The van der Waals surface area contributed by atoms with Crippen LogP contribution < -0.4 is 4.74 Å². The molecule has 1 aliphatic heterocycles. The first-order valence-electron chi connectivity index (χ1n) is 6.49. The molecule has 6 nitrogen and oxygen atoms in total. The fourth-order valence-corrected chi connectivity index (χ4v) is 2.14. The van der Waals surface area contributed by atoms with E-state index in [2.05, 4.69) is 0 Å². The van der Waals surface area contributed by atoms with E-state index >= 15 is 0 Å². The number of benzene rings is 1. The molecule has 4 N–H and O–H groups in total. The largest absolute Gasteiger partial charge is 0.462 e. The number of aliphatic hydroxyl groups excluding tert-OH is 4. The van der Waals surface area contributed by atoms with Gasteiger partial charge in [0.15, 0.2) is 0 Å². The van der Waals surface area contributed by atoms with Crippen molar-refractivity contribution in [3.8, 4) is 5.75 Å². The Morgan fingerprint density at radius 3 is 2.45 bits per heavy atom. The lowest BCUT2D eigenvalue weighted by atomic mass is 9.99. The molecule has 112 valence electrons. The van der Waals surface area contributed by atoms with Crippen molar-refractivity contribution in [3.05, 3.63) is 29.3 Å². The molecule has 0 amide bonds. The molecular weight excluding hydrogens is 264 g/mol. The summed E-state index contributed by atoms with van der Waals surface area (Å²) in [6.07, 6.45) is -6.33. The van der Waals surface area contributed by atoms with Gasteiger partial charge in [-0.15, -0.1) is 0 Å². The monoisotopic (exact) mass is 284 g/mol. The maximum absolute atomic E-state index is 9.90. The zero-order chi connectivity index (χ0) is 14.9. The molecule has 1 fully saturated rings. The highest BCUT2D eigenvalue weighted by Crippen LogP contribution is 2.27. The second-order valence-electron chi connectivity index (χ2n) is 5.01. The van der Waals surface area contributed by atoms with Crippen molar-refractivity contribution in [3.63, 3.8) is 0 Å². The van der Waals surface area contributed by atoms with Crippen LogP contribution >= 0.6 is 0 Å². The van der Waals surface area contributed by atoms with Gasteiger partial charge in [-0.05, 0) is 31.0 Å². The summed E-state index contributed by atoms with van der Waals surface area (Å²) in [5, 5.41) is 38.4. The van der Waals surface area contributed by atoms with Gasteiger partial charge in [-0.1, -0.05) is 12.1 Å². The van der Waals surface area contributed by atoms with Crippen molar-refractivity contribution < 1.29 is 29.9 Å². The average molecular weight is 284 g/mol. The van der Waals surface area contributed by atoms with Crippen LogP contribution in [0.2, 0.25) is 0 Å². The fraction of sp³-hybridized carbons (Fsp3) is 0.571. The summed E-state index contributed by atoms with van der Waals surface area (Å²) in [5.41, 5.74) is 1.91. The van der Waals surface area contributed by atoms with Gasteiger partial charge in [0.05, 0.1) is 6.61 Å². The van der Waals surface area contributed by atoms with Crippen LogP contribution in [0.4, 0.5) is 0 Å². The lowest BCUT2D eigenvalue weighted by Gasteiger charge is -2.39. The summed E-state index contributed by atoms with van der Waals surface area (Å²) in [4.78, 5) is 0. The van der Waals surface area contributed by atoms with E-state index in [9.17, 15) is 15.3 Å². The minimum atomic E-state index is -1.43. The maximum atomic E-state index is 9.90. The van der Waals surface area contributed by atoms with Gasteiger partial charge < -0.3 is 29.9 Å². The molecule has 0 unspecified atom stereocenters. The maximum Gasteiger partial charge on any atom is 0.229 e. The SMILES string of the molecule is Cc1cccc(O[C@H]2O[C@@H](CO)[C@H](O)[C@H](O)[C@@H]2O)c1C. The summed E-state index contributed by atoms with van der Waals surface area (Å²) < 4.78 is 10.9. The molecule has 6 heteroatoms. The molecular formula is C14H20O6. The Labute approximate surface area is 117 Å². The second kappa shape index (κ2) is 6.07. The minimum absolute atomic E-state index is 0.475. The van der Waals surface area contributed by atoms with E-state index in [-0.39, 0.29) is 0 Å². The van der Waals surface area contributed by atoms with Crippen LogP contribution in [-0.2, 0) is 4.74 Å². The lowest BCUT2D eigenvalue weighted by molar-refractivity contribution is -0.277. The molecule has 1 aromatic rings. The zero-order valence-corrected chi connectivity index (χ0v) is 11.4. The molecule has 20 heavy (non-hydrogen) atoms. The van der Waals surface area contributed by atoms with E-state index < -0.39 is 37.3 Å². The van der Waals surface area contributed by atoms with Gasteiger partial charge in [0, 0.05) is 0 Å². The first kappa shape index (κ1) is 15.2. The van der Waals surface area contributed by atoms with Gasteiger partial charge >= 0.3 is 0 Å². The van der Waals surface area contributed by atoms with Crippen LogP contribution in [0, 0.1) is 13.8 Å². The summed E-state index contributed by atoms with van der Waals surface area (Å²) >= 11 is 0. The molecule has 0 aromatic heterocycles. The molecule has 1 aromatic carbocycles. The van der Waals surface area contributed by atoms with Crippen LogP contribution in [0.5, 0.6) is 5.75 Å². The van der Waals surface area contributed by atoms with Crippen molar-refractivity contribution in [1.29, 1.82) is 0 Å². The van der Waals surface area contributed by atoms with E-state index in [1.807, 2.05) is 26.0 Å². The van der Waals surface area contributed by atoms with E-state index in [0.717, 1.165) is 11.1 Å². The first-order chi connectivity index (χ1) is 9.45. The Kier molecular flexibility index (Phi) is 4.62. The topological polar surface area (TPSA) is 99.4 Å². The van der Waals surface area contributed by atoms with Crippen LogP contribution in [0.25, 0.3) is 0 Å². The molecule has 0 aliphatic carbocycles. The van der Waals surface area contributed by atoms with E-state index in [0.29, 0.717) is 5.75 Å². The normalized spacial score (nSPS) is 34.0. The van der Waals surface area contributed by atoms with Gasteiger partial charge in [-0.25, -0.2) is 0 Å². The number of aliphatic hydroxyl groups is 4. The highest BCUT2D eigenvalue weighted by Gasteiger charge is 2.44. The number of hydrogen-bond acceptors (Lipinski definition) is 6. The predicted molar refractivity (Wildman–Crippen MR) is 70.3 cm³/mol. The molecule has 0 bridgehead atoms. The summed E-state index contributed by atoms with van der Waals surface area (Å²) in [5.74, 6) is 0.523. The van der Waals surface area contributed by atoms with Crippen LogP contribution in [0.3, 0.4) is 0 Å². The molecule has 1 saturated heterocycles. The van der Waals surface area contributed by atoms with Gasteiger partial charge in [0.1, 0.15) is 30.2 Å². The van der Waals surface area contributed by atoms with E-state index in [1.54, 1.807) is 6.07 Å². The Hall–Kier alpha value is -1.18. The lowest BCUT2D eigenvalue weighted by Crippen LogP contribution is -2.60. The summed E-state index contributed by atoms with van der Waals surface area (Å²) in [7, 11) is 0. The highest BCUT2D eigenvalue weighted by atomic mass is 16.7. The molecule has 2 rings (SSSR count). The highest BCUT2D eigenvalue weighted by molar-refractivity contribution is 5.38. The van der Waals surface area contributed by atoms with Crippen molar-refractivity contribution in [2.45, 2.75) is 44.6 Å². The van der Waals surface area contributed by atoms with Gasteiger partial charge in [-0.3, -0.25) is 0 Å². The smallest absolute Gasteiger partial charge is 0.229 e. The third-order valence-corrected chi connectivity index (χ3v) is 3.65. The third-order valence-electron chi connectivity index (χ3n) is 3.65. The Morgan fingerprint density at radius 2 is 1.80 bits per heavy atom. The quantitative estimate of drug-likeness (QED) is 0.596. The van der Waals surface area contributed by atoms with Gasteiger partial charge in [0.25, 0.3) is 0 Å². The average Bonchev–Trinajstić information content (AvgIpc) is 2.44. The van der Waals surface area contributed by atoms with Gasteiger partial charge in [0.2, 0.25) is 6.29 Å². The molecule has 0 spiro atoms. The fourth-order valence-electron chi connectivity index (χ4n) is 2.14. The van der Waals surface area contributed by atoms with Crippen LogP contribution in [-0.4, -0.2) is 57.7 Å². The van der Waals surface area contributed by atoms with Crippen molar-refractivity contribution in [2.24, 2.45) is 0 Å². The molecule has 5 atom stereocenters. The molecule has 0 radical (unpaired) electrons. The standard InChI is InChI=1S/C14H20O6/c1-7-4-3-5-9(8(7)2)19-14-13(18)12(17)11(16)10(6-15)20-14/h3-5,10-18H,6H2,1-2H3/t10-,11-,12-,13-,14-/m0/s1. The van der Waals surface area contributed by atoms with Gasteiger partial charge in [-0.2, -0.15) is 0 Å². The minimum Gasteiger partial charge on any atom is -0.462 e. The Bertz CT molecular complexity index is 461. The summed E-state index contributed by atoms with van der Waals surface area (Å²) in [6.45, 7) is 3.32. The van der Waals surface area contributed by atoms with Crippen molar-refractivity contribution in [1.82, 2.24) is 0 Å². The van der Waals surface area contributed by atoms with Crippen LogP contribution in [0.1, 0.15) is 11.1 Å².